The molecule has 4 heterocycles. The van der Waals surface area contributed by atoms with Crippen molar-refractivity contribution in [1.29, 1.82) is 0 Å². The molecule has 0 radical (unpaired) electrons. The van der Waals surface area contributed by atoms with Gasteiger partial charge in [0.1, 0.15) is 0 Å². The summed E-state index contributed by atoms with van der Waals surface area (Å²) in [7, 11) is 0. The summed E-state index contributed by atoms with van der Waals surface area (Å²) in [5.41, 5.74) is 8.79. The number of benzene rings is 4. The summed E-state index contributed by atoms with van der Waals surface area (Å²) in [4.78, 5) is 11.0. The van der Waals surface area contributed by atoms with E-state index in [4.69, 9.17) is 0 Å². The van der Waals surface area contributed by atoms with Crippen LogP contribution in [0.5, 0.6) is 0 Å². The first-order valence-electron chi connectivity index (χ1n) is 18.2. The normalized spacial score (nSPS) is 22.2. The lowest BCUT2D eigenvalue weighted by atomic mass is 9.60. The minimum absolute atomic E-state index is 0.0582. The molecule has 0 aromatic heterocycles. The second kappa shape index (κ2) is 11.3. The van der Waals surface area contributed by atoms with Crippen LogP contribution in [0, 0.1) is 0 Å². The van der Waals surface area contributed by atoms with E-state index in [0.29, 0.717) is 14.0 Å². The number of nitrogens with zero attached hydrogens (tertiary/aromatic N) is 4. The zero-order chi connectivity index (χ0) is 30.1. The number of hydrogen-bond donors (Lipinski definition) is 0. The van der Waals surface area contributed by atoms with Gasteiger partial charge in [0.15, 0.2) is 0 Å². The highest BCUT2D eigenvalue weighted by Gasteiger charge is 2.40. The average molecular weight is 594 g/mol. The van der Waals surface area contributed by atoms with E-state index in [2.05, 4.69) is 93.8 Å². The molecule has 0 amide bonds. The maximum Gasteiger partial charge on any atom is 0.346 e. The van der Waals surface area contributed by atoms with Crippen molar-refractivity contribution in [3.63, 3.8) is 0 Å². The van der Waals surface area contributed by atoms with Crippen molar-refractivity contribution < 1.29 is 0 Å². The van der Waals surface area contributed by atoms with E-state index in [0.717, 1.165) is 0 Å². The molecule has 4 aromatic carbocycles. The quantitative estimate of drug-likeness (QED) is 0.199. The highest BCUT2D eigenvalue weighted by Crippen LogP contribution is 2.50. The van der Waals surface area contributed by atoms with Crippen LogP contribution < -0.4 is 10.9 Å². The van der Waals surface area contributed by atoms with Gasteiger partial charge in [-0.3, -0.25) is 0 Å². The summed E-state index contributed by atoms with van der Waals surface area (Å²) in [5.74, 6) is 0. The van der Waals surface area contributed by atoms with Gasteiger partial charge in [0, 0.05) is 5.41 Å². The molecule has 4 saturated heterocycles. The molecule has 0 unspecified atom stereocenters. The first-order chi connectivity index (χ1) is 22.1. The Morgan fingerprint density at radius 3 is 1.56 bits per heavy atom. The van der Waals surface area contributed by atoms with Gasteiger partial charge < -0.3 is 19.2 Å². The molecule has 4 nitrogen and oxygen atoms in total. The van der Waals surface area contributed by atoms with Crippen LogP contribution in [0.15, 0.2) is 60.7 Å². The molecule has 4 aromatic rings. The minimum atomic E-state index is -0.0582. The van der Waals surface area contributed by atoms with Crippen molar-refractivity contribution in [2.75, 3.05) is 52.4 Å². The van der Waals surface area contributed by atoms with Crippen molar-refractivity contribution >= 4 is 46.4 Å². The van der Waals surface area contributed by atoms with Crippen molar-refractivity contribution in [2.24, 2.45) is 0 Å². The number of hydrogen-bond acceptors (Lipinski definition) is 4. The molecule has 230 valence electrons. The van der Waals surface area contributed by atoms with E-state index < -0.39 is 0 Å². The van der Waals surface area contributed by atoms with Crippen molar-refractivity contribution in [3.05, 3.63) is 71.8 Å². The lowest BCUT2D eigenvalue weighted by molar-refractivity contribution is 0.436. The largest absolute Gasteiger partial charge is 0.346 e. The molecule has 0 saturated carbocycles. The van der Waals surface area contributed by atoms with E-state index in [-0.39, 0.29) is 5.41 Å². The fourth-order valence-corrected chi connectivity index (χ4v) is 9.99. The second-order valence-corrected chi connectivity index (χ2v) is 15.3. The Hall–Kier alpha value is -2.63. The molecule has 5 aliphatic rings. The van der Waals surface area contributed by atoms with Crippen LogP contribution in [-0.4, -0.2) is 85.6 Å². The number of rotatable bonds is 6. The Bertz CT molecular complexity index is 1710. The zero-order valence-corrected chi connectivity index (χ0v) is 27.5. The molecule has 6 heteroatoms. The van der Waals surface area contributed by atoms with E-state index in [9.17, 15) is 0 Å². The van der Waals surface area contributed by atoms with Crippen LogP contribution in [0.4, 0.5) is 0 Å². The topological polar surface area (TPSA) is 13.0 Å². The molecular weight excluding hydrogens is 546 g/mol. The molecule has 9 rings (SSSR count). The van der Waals surface area contributed by atoms with Crippen LogP contribution in [0.3, 0.4) is 0 Å². The van der Waals surface area contributed by atoms with Crippen molar-refractivity contribution in [3.8, 4) is 11.1 Å². The smallest absolute Gasteiger partial charge is 0.324 e. The van der Waals surface area contributed by atoms with Gasteiger partial charge in [-0.1, -0.05) is 68.4 Å². The van der Waals surface area contributed by atoms with Crippen LogP contribution in [0.2, 0.25) is 0 Å². The Morgan fingerprint density at radius 2 is 1.00 bits per heavy atom. The molecule has 0 atom stereocenters. The Kier molecular flexibility index (Phi) is 7.15. The highest BCUT2D eigenvalue weighted by molar-refractivity contribution is 6.69. The summed E-state index contributed by atoms with van der Waals surface area (Å²) in [6.45, 7) is 15.6. The summed E-state index contributed by atoms with van der Waals surface area (Å²) in [6.07, 6.45) is 10.7. The third-order valence-corrected chi connectivity index (χ3v) is 12.2. The van der Waals surface area contributed by atoms with E-state index in [1.807, 2.05) is 0 Å². The van der Waals surface area contributed by atoms with Gasteiger partial charge in [-0.05, 0) is 165 Å². The van der Waals surface area contributed by atoms with Gasteiger partial charge in [-0.25, -0.2) is 0 Å². The fourth-order valence-electron chi connectivity index (χ4n) is 9.99. The van der Waals surface area contributed by atoms with E-state index in [1.165, 1.54) is 158 Å². The molecule has 45 heavy (non-hydrogen) atoms. The number of fused-ring (bicyclic) bond motifs is 4. The van der Waals surface area contributed by atoms with Gasteiger partial charge in [-0.2, -0.15) is 0 Å². The van der Waals surface area contributed by atoms with Crippen molar-refractivity contribution in [1.82, 2.24) is 19.2 Å². The summed E-state index contributed by atoms with van der Waals surface area (Å²) >= 11 is 0. The van der Waals surface area contributed by atoms with Crippen LogP contribution in [0.1, 0.15) is 76.3 Å². The van der Waals surface area contributed by atoms with Crippen LogP contribution in [-0.2, 0) is 5.41 Å². The van der Waals surface area contributed by atoms with Gasteiger partial charge in [0.2, 0.25) is 0 Å². The lowest BCUT2D eigenvalue weighted by Gasteiger charge is -2.38. The van der Waals surface area contributed by atoms with Gasteiger partial charge in [-0.15, -0.1) is 0 Å². The maximum atomic E-state index is 2.76. The lowest BCUT2D eigenvalue weighted by Crippen LogP contribution is -2.58. The third-order valence-electron chi connectivity index (χ3n) is 12.2. The standard InChI is InChI=1S/C39H48B2N4/c1-39(2)36-13-11-12-33-34-27-30(40(42-18-3-4-19-42)43-20-5-6-21-43)15-14-29(34)26-35(38(33)36)32-17-16-31(28-37(32)39)41(44-22-7-8-23-44)45-24-9-10-25-45/h11-17,26-28H,3-10,18-25H2,1-2H3. The molecule has 4 fully saturated rings. The Labute approximate surface area is 271 Å². The van der Waals surface area contributed by atoms with E-state index >= 15 is 0 Å². The monoisotopic (exact) mass is 594 g/mol. The van der Waals surface area contributed by atoms with Crippen molar-refractivity contribution in [2.45, 2.75) is 70.6 Å². The van der Waals surface area contributed by atoms with Gasteiger partial charge in [0.25, 0.3) is 0 Å². The molecule has 1 aliphatic carbocycles. The first-order valence-corrected chi connectivity index (χ1v) is 18.2. The van der Waals surface area contributed by atoms with Crippen LogP contribution >= 0.6 is 0 Å². The predicted octanol–water partition coefficient (Wildman–Crippen LogP) is 6.07. The molecule has 0 N–H and O–H groups in total. The SMILES string of the molecule is CC1(C)c2cc(B(N3CCCC3)N3CCCC3)ccc2-c2cc3ccc(B(N4CCCC4)N4CCCC4)cc3c3cccc1c23. The summed E-state index contributed by atoms with van der Waals surface area (Å²) in [5, 5.41) is 5.71. The van der Waals surface area contributed by atoms with Crippen LogP contribution in [0.25, 0.3) is 32.7 Å². The predicted molar refractivity (Wildman–Crippen MR) is 193 cm³/mol. The maximum absolute atomic E-state index is 2.76. The Morgan fingerprint density at radius 1 is 0.489 bits per heavy atom. The van der Waals surface area contributed by atoms with E-state index in [1.54, 1.807) is 0 Å². The first kappa shape index (κ1) is 28.6. The molecular formula is C39H48B2N4. The average Bonchev–Trinajstić information content (AvgIpc) is 3.90. The fraction of sp³-hybridized carbons (Fsp3) is 0.487. The van der Waals surface area contributed by atoms with Gasteiger partial charge in [0.05, 0.1) is 0 Å². The molecule has 0 bridgehead atoms. The Balaban J connectivity index is 1.19. The summed E-state index contributed by atoms with van der Waals surface area (Å²) in [6, 6.07) is 24.7. The molecule has 0 spiro atoms. The zero-order valence-electron chi connectivity index (χ0n) is 27.5. The highest BCUT2D eigenvalue weighted by atomic mass is 15.2. The second-order valence-electron chi connectivity index (χ2n) is 15.3. The molecule has 4 aliphatic heterocycles. The van der Waals surface area contributed by atoms with Gasteiger partial charge >= 0.3 is 14.0 Å². The third kappa shape index (κ3) is 4.65. The summed E-state index contributed by atoms with van der Waals surface area (Å²) < 4.78 is 0. The minimum Gasteiger partial charge on any atom is -0.324 e.